The van der Waals surface area contributed by atoms with E-state index in [1.54, 1.807) is 12.1 Å². The van der Waals surface area contributed by atoms with Crippen LogP contribution in [0.1, 0.15) is 26.2 Å². The molecule has 0 aromatic heterocycles. The van der Waals surface area contributed by atoms with Crippen molar-refractivity contribution in [2.45, 2.75) is 26.2 Å². The van der Waals surface area contributed by atoms with Gasteiger partial charge in [0.05, 0.1) is 18.0 Å². The second-order valence-corrected chi connectivity index (χ2v) is 6.99. The Bertz CT molecular complexity index is 758. The van der Waals surface area contributed by atoms with Crippen molar-refractivity contribution in [1.29, 1.82) is 0 Å². The third-order valence-corrected chi connectivity index (χ3v) is 5.03. The highest BCUT2D eigenvalue weighted by atomic mass is 16.5. The van der Waals surface area contributed by atoms with Crippen LogP contribution in [0.2, 0.25) is 0 Å². The summed E-state index contributed by atoms with van der Waals surface area (Å²) in [5.41, 5.74) is 15.0. The zero-order chi connectivity index (χ0) is 19.2. The standard InChI is InChI=1S/C21H30N4O2/c1-2-3-4-13-27-21-15-17(6-8-19(21)23)25-11-9-24(10-12-25)16-5-7-18(22)20(26)14-16/h5-8,14-15,26H,2-4,9-13,22-23H2,1H3. The Kier molecular flexibility index (Phi) is 6.16. The van der Waals surface area contributed by atoms with Crippen LogP contribution in [-0.4, -0.2) is 37.9 Å². The van der Waals surface area contributed by atoms with Gasteiger partial charge in [-0.25, -0.2) is 0 Å². The molecule has 2 aromatic rings. The summed E-state index contributed by atoms with van der Waals surface area (Å²) < 4.78 is 5.88. The Hall–Kier alpha value is -2.76. The van der Waals surface area contributed by atoms with Crippen LogP contribution in [-0.2, 0) is 0 Å². The number of rotatable bonds is 7. The van der Waals surface area contributed by atoms with Crippen LogP contribution < -0.4 is 26.0 Å². The maximum atomic E-state index is 9.83. The minimum absolute atomic E-state index is 0.137. The van der Waals surface area contributed by atoms with Gasteiger partial charge in [-0.15, -0.1) is 0 Å². The monoisotopic (exact) mass is 370 g/mol. The van der Waals surface area contributed by atoms with E-state index in [1.807, 2.05) is 18.2 Å². The van der Waals surface area contributed by atoms with Crippen LogP contribution >= 0.6 is 0 Å². The predicted molar refractivity (Wildman–Crippen MR) is 113 cm³/mol. The van der Waals surface area contributed by atoms with Gasteiger partial charge in [0.1, 0.15) is 11.5 Å². The highest BCUT2D eigenvalue weighted by Crippen LogP contribution is 2.30. The topological polar surface area (TPSA) is 88.0 Å². The average Bonchev–Trinajstić information content (AvgIpc) is 2.69. The summed E-state index contributed by atoms with van der Waals surface area (Å²) in [7, 11) is 0. The Morgan fingerprint density at radius 3 is 2.07 bits per heavy atom. The third-order valence-electron chi connectivity index (χ3n) is 5.03. The first-order valence-electron chi connectivity index (χ1n) is 9.69. The second-order valence-electron chi connectivity index (χ2n) is 6.99. The highest BCUT2D eigenvalue weighted by Gasteiger charge is 2.19. The minimum Gasteiger partial charge on any atom is -0.506 e. The first-order valence-corrected chi connectivity index (χ1v) is 9.69. The van der Waals surface area contributed by atoms with E-state index in [4.69, 9.17) is 16.2 Å². The molecule has 1 saturated heterocycles. The van der Waals surface area contributed by atoms with Gasteiger partial charge in [0.15, 0.2) is 0 Å². The number of piperazine rings is 1. The van der Waals surface area contributed by atoms with E-state index in [0.29, 0.717) is 18.0 Å². The molecule has 146 valence electrons. The fourth-order valence-corrected chi connectivity index (χ4v) is 3.33. The normalized spacial score (nSPS) is 14.4. The van der Waals surface area contributed by atoms with Gasteiger partial charge in [0.25, 0.3) is 0 Å². The van der Waals surface area contributed by atoms with Crippen LogP contribution in [0.5, 0.6) is 11.5 Å². The summed E-state index contributed by atoms with van der Waals surface area (Å²) in [6.45, 7) is 6.42. The lowest BCUT2D eigenvalue weighted by Crippen LogP contribution is -2.46. The maximum Gasteiger partial charge on any atom is 0.144 e. The average molecular weight is 370 g/mol. The molecule has 0 bridgehead atoms. The number of phenolic OH excluding ortho intramolecular Hbond substituents is 1. The second kappa shape index (κ2) is 8.75. The third kappa shape index (κ3) is 4.70. The molecule has 0 unspecified atom stereocenters. The number of nitrogens with zero attached hydrogens (tertiary/aromatic N) is 2. The number of nitrogen functional groups attached to an aromatic ring is 2. The number of unbranched alkanes of at least 4 members (excludes halogenated alkanes) is 2. The first kappa shape index (κ1) is 19.0. The lowest BCUT2D eigenvalue weighted by Gasteiger charge is -2.37. The highest BCUT2D eigenvalue weighted by molar-refractivity contribution is 5.64. The number of ether oxygens (including phenoxy) is 1. The van der Waals surface area contributed by atoms with E-state index >= 15 is 0 Å². The Morgan fingerprint density at radius 2 is 1.48 bits per heavy atom. The molecule has 6 heteroatoms. The van der Waals surface area contributed by atoms with Crippen molar-refractivity contribution < 1.29 is 9.84 Å². The van der Waals surface area contributed by atoms with Crippen molar-refractivity contribution in [2.24, 2.45) is 0 Å². The molecule has 1 fully saturated rings. The van der Waals surface area contributed by atoms with Gasteiger partial charge >= 0.3 is 0 Å². The van der Waals surface area contributed by atoms with Gasteiger partial charge in [-0.2, -0.15) is 0 Å². The summed E-state index contributed by atoms with van der Waals surface area (Å²) in [5.74, 6) is 0.910. The van der Waals surface area contributed by atoms with Crippen molar-refractivity contribution in [1.82, 2.24) is 0 Å². The van der Waals surface area contributed by atoms with Gasteiger partial charge in [-0.05, 0) is 30.7 Å². The van der Waals surface area contributed by atoms with Gasteiger partial charge in [0, 0.05) is 49.7 Å². The molecule has 3 rings (SSSR count). The van der Waals surface area contributed by atoms with Crippen molar-refractivity contribution in [3.05, 3.63) is 36.4 Å². The van der Waals surface area contributed by atoms with E-state index in [1.165, 1.54) is 12.8 Å². The molecule has 0 radical (unpaired) electrons. The Labute approximate surface area is 161 Å². The van der Waals surface area contributed by atoms with Gasteiger partial charge in [-0.3, -0.25) is 0 Å². The van der Waals surface area contributed by atoms with Crippen molar-refractivity contribution in [2.75, 3.05) is 54.1 Å². The van der Waals surface area contributed by atoms with E-state index < -0.39 is 0 Å². The molecule has 1 aliphatic heterocycles. The predicted octanol–water partition coefficient (Wildman–Crippen LogP) is 3.45. The lowest BCUT2D eigenvalue weighted by atomic mass is 10.2. The number of nitrogens with two attached hydrogens (primary N) is 2. The van der Waals surface area contributed by atoms with Crippen molar-refractivity contribution >= 4 is 22.7 Å². The molecule has 5 N–H and O–H groups in total. The number of anilines is 4. The summed E-state index contributed by atoms with van der Waals surface area (Å²) in [6.07, 6.45) is 3.39. The molecule has 1 heterocycles. The molecule has 0 atom stereocenters. The quantitative estimate of drug-likeness (QED) is 0.393. The van der Waals surface area contributed by atoms with Crippen LogP contribution in [0.3, 0.4) is 0 Å². The van der Waals surface area contributed by atoms with Gasteiger partial charge < -0.3 is 31.1 Å². The fourth-order valence-electron chi connectivity index (χ4n) is 3.33. The summed E-state index contributed by atoms with van der Waals surface area (Å²) in [6, 6.07) is 11.5. The number of phenols is 1. The van der Waals surface area contributed by atoms with E-state index in [0.717, 1.165) is 49.7 Å². The minimum atomic E-state index is 0.137. The molecule has 0 amide bonds. The zero-order valence-corrected chi connectivity index (χ0v) is 16.0. The molecule has 27 heavy (non-hydrogen) atoms. The Balaban J connectivity index is 1.61. The fraction of sp³-hybridized carbons (Fsp3) is 0.429. The summed E-state index contributed by atoms with van der Waals surface area (Å²) >= 11 is 0. The SMILES string of the molecule is CCCCCOc1cc(N2CCN(c3ccc(N)c(O)c3)CC2)ccc1N. The summed E-state index contributed by atoms with van der Waals surface area (Å²) in [4.78, 5) is 4.60. The number of benzene rings is 2. The van der Waals surface area contributed by atoms with E-state index in [-0.39, 0.29) is 5.75 Å². The Morgan fingerprint density at radius 1 is 0.889 bits per heavy atom. The van der Waals surface area contributed by atoms with Crippen LogP contribution in [0, 0.1) is 0 Å². The number of hydrogen-bond acceptors (Lipinski definition) is 6. The van der Waals surface area contributed by atoms with Crippen LogP contribution in [0.15, 0.2) is 36.4 Å². The smallest absolute Gasteiger partial charge is 0.144 e. The summed E-state index contributed by atoms with van der Waals surface area (Å²) in [5, 5.41) is 9.83. The molecule has 1 aliphatic rings. The first-order chi connectivity index (χ1) is 13.1. The van der Waals surface area contributed by atoms with Gasteiger partial charge in [0.2, 0.25) is 0 Å². The van der Waals surface area contributed by atoms with Crippen molar-refractivity contribution in [3.63, 3.8) is 0 Å². The molecule has 0 spiro atoms. The molecule has 6 nitrogen and oxygen atoms in total. The van der Waals surface area contributed by atoms with Gasteiger partial charge in [-0.1, -0.05) is 19.8 Å². The molecule has 0 aliphatic carbocycles. The molecular weight excluding hydrogens is 340 g/mol. The maximum absolute atomic E-state index is 9.83. The molecular formula is C21H30N4O2. The van der Waals surface area contributed by atoms with E-state index in [2.05, 4.69) is 22.8 Å². The van der Waals surface area contributed by atoms with Crippen molar-refractivity contribution in [3.8, 4) is 11.5 Å². The number of aromatic hydroxyl groups is 1. The molecule has 0 saturated carbocycles. The van der Waals surface area contributed by atoms with E-state index in [9.17, 15) is 5.11 Å². The number of hydrogen-bond donors (Lipinski definition) is 3. The lowest BCUT2D eigenvalue weighted by molar-refractivity contribution is 0.308. The van der Waals surface area contributed by atoms with Crippen LogP contribution in [0.4, 0.5) is 22.7 Å². The largest absolute Gasteiger partial charge is 0.506 e. The van der Waals surface area contributed by atoms with Crippen LogP contribution in [0.25, 0.3) is 0 Å². The zero-order valence-electron chi connectivity index (χ0n) is 16.0. The molecule has 2 aromatic carbocycles.